The summed E-state index contributed by atoms with van der Waals surface area (Å²) >= 11 is 0. The second-order valence-electron chi connectivity index (χ2n) is 1.71. The molecule has 1 aliphatic heterocycles. The van der Waals surface area contributed by atoms with E-state index in [1.165, 1.54) is 0 Å². The van der Waals surface area contributed by atoms with Crippen LogP contribution in [-0.4, -0.2) is 24.5 Å². The number of hydrogen-bond donors (Lipinski definition) is 1. The van der Waals surface area contributed by atoms with Gasteiger partial charge in [-0.25, -0.2) is 5.01 Å². The minimum Gasteiger partial charge on any atom is -1.00 e. The summed E-state index contributed by atoms with van der Waals surface area (Å²) < 4.78 is 0. The average Bonchev–Trinajstić information content (AvgIpc) is 1.87. The van der Waals surface area contributed by atoms with Gasteiger partial charge in [0, 0.05) is 20.0 Å². The van der Waals surface area contributed by atoms with E-state index in [1.54, 1.807) is 5.01 Å². The van der Waals surface area contributed by atoms with E-state index in [-0.39, 0.29) is 150 Å². The molecule has 11 heavy (non-hydrogen) atoms. The number of nitrogens with zero attached hydrogens (tertiary/aromatic N) is 1. The van der Waals surface area contributed by atoms with Crippen LogP contribution in [0.25, 0.3) is 0 Å². The van der Waals surface area contributed by atoms with E-state index in [0.29, 0.717) is 6.42 Å². The number of rotatable bonds is 0. The summed E-state index contributed by atoms with van der Waals surface area (Å²) in [5, 5.41) is 1.78. The fourth-order valence-electron chi connectivity index (χ4n) is 0.594. The van der Waals surface area contributed by atoms with Crippen molar-refractivity contribution in [3.8, 4) is 0 Å². The third-order valence-corrected chi connectivity index (χ3v) is 0.990. The minimum absolute atomic E-state index is 0. The standard InChI is InChI=1S/C4H8N2O.BrH.HI.2K/c1-6-3-2-4(7)5-6;;;;/h2-3H2,1H3,(H,5,7);2*1H;;/q;;;2*+1/p-2. The fourth-order valence-corrected chi connectivity index (χ4v) is 0.594. The van der Waals surface area contributed by atoms with Crippen LogP contribution < -0.4 is 149 Å². The van der Waals surface area contributed by atoms with Crippen LogP contribution in [0.4, 0.5) is 0 Å². The van der Waals surface area contributed by atoms with Crippen molar-refractivity contribution in [1.82, 2.24) is 10.4 Å². The molecule has 1 N–H and O–H groups in total. The molecule has 56 valence electrons. The summed E-state index contributed by atoms with van der Waals surface area (Å²) in [5.74, 6) is 0.127. The molecular formula is C4H8BrIK2N2O. The van der Waals surface area contributed by atoms with Crippen LogP contribution in [0.1, 0.15) is 6.42 Å². The SMILES string of the molecule is CN1CCC(=O)N1.[Br-].[I-].[K+].[K+]. The normalized spacial score (nSPS) is 14.5. The molecule has 7 heteroatoms. The number of carbonyl (C=O) groups is 1. The van der Waals surface area contributed by atoms with Gasteiger partial charge in [-0.3, -0.25) is 10.2 Å². The summed E-state index contributed by atoms with van der Waals surface area (Å²) in [4.78, 5) is 10.3. The first kappa shape index (κ1) is 24.2. The molecule has 0 saturated carbocycles. The van der Waals surface area contributed by atoms with Crippen molar-refractivity contribution in [2.75, 3.05) is 13.6 Å². The maximum atomic E-state index is 10.3. The zero-order valence-electron chi connectivity index (χ0n) is 7.03. The Morgan fingerprint density at radius 3 is 2.00 bits per heavy atom. The quantitative estimate of drug-likeness (QED) is 0.332. The van der Waals surface area contributed by atoms with E-state index in [0.717, 1.165) is 6.54 Å². The Hall–Kier alpha value is 3.91. The second kappa shape index (κ2) is 13.9. The Bertz CT molecular complexity index is 108. The van der Waals surface area contributed by atoms with Gasteiger partial charge in [0.2, 0.25) is 5.91 Å². The number of halogens is 2. The van der Waals surface area contributed by atoms with Gasteiger partial charge in [0.25, 0.3) is 0 Å². The summed E-state index contributed by atoms with van der Waals surface area (Å²) in [6.45, 7) is 0.846. The topological polar surface area (TPSA) is 32.3 Å². The molecule has 1 amide bonds. The van der Waals surface area contributed by atoms with Crippen molar-refractivity contribution in [3.05, 3.63) is 0 Å². The number of amides is 1. The molecule has 0 atom stereocenters. The summed E-state index contributed by atoms with van der Waals surface area (Å²) in [6, 6.07) is 0. The van der Waals surface area contributed by atoms with Gasteiger partial charge in [0.1, 0.15) is 0 Å². The van der Waals surface area contributed by atoms with Crippen LogP contribution in [0.2, 0.25) is 0 Å². The molecule has 0 spiro atoms. The van der Waals surface area contributed by atoms with Gasteiger partial charge in [-0.1, -0.05) is 0 Å². The first-order valence-electron chi connectivity index (χ1n) is 2.29. The molecule has 0 aromatic carbocycles. The molecule has 1 rings (SSSR count). The molecule has 0 aromatic heterocycles. The van der Waals surface area contributed by atoms with Crippen molar-refractivity contribution >= 4 is 5.91 Å². The van der Waals surface area contributed by atoms with Crippen molar-refractivity contribution < 1.29 is 149 Å². The molecule has 1 saturated heterocycles. The van der Waals surface area contributed by atoms with Gasteiger partial charge >= 0.3 is 103 Å². The van der Waals surface area contributed by atoms with Crippen LogP contribution in [0.15, 0.2) is 0 Å². The molecule has 1 heterocycles. The summed E-state index contributed by atoms with van der Waals surface area (Å²) in [7, 11) is 1.85. The Balaban J connectivity index is -0.0000000612. The van der Waals surface area contributed by atoms with Crippen LogP contribution in [0, 0.1) is 0 Å². The van der Waals surface area contributed by atoms with Crippen molar-refractivity contribution in [1.29, 1.82) is 0 Å². The largest absolute Gasteiger partial charge is 1.00 e. The molecule has 0 aliphatic carbocycles. The maximum Gasteiger partial charge on any atom is 1.00 e. The van der Waals surface area contributed by atoms with E-state index in [1.807, 2.05) is 7.05 Å². The van der Waals surface area contributed by atoms with E-state index in [2.05, 4.69) is 5.43 Å². The Morgan fingerprint density at radius 2 is 1.91 bits per heavy atom. The first-order valence-corrected chi connectivity index (χ1v) is 2.29. The first-order chi connectivity index (χ1) is 3.29. The average molecular weight is 385 g/mol. The summed E-state index contributed by atoms with van der Waals surface area (Å²) in [5.41, 5.74) is 2.61. The molecule has 0 radical (unpaired) electrons. The Labute approximate surface area is 180 Å². The van der Waals surface area contributed by atoms with Crippen LogP contribution >= 0.6 is 0 Å². The molecular weight excluding hydrogens is 377 g/mol. The van der Waals surface area contributed by atoms with Crippen LogP contribution in [-0.2, 0) is 4.79 Å². The van der Waals surface area contributed by atoms with Gasteiger partial charge in [-0.05, 0) is 0 Å². The second-order valence-corrected chi connectivity index (χ2v) is 1.71. The van der Waals surface area contributed by atoms with E-state index in [4.69, 9.17) is 0 Å². The number of carbonyl (C=O) groups excluding carboxylic acids is 1. The van der Waals surface area contributed by atoms with Gasteiger partial charge < -0.3 is 41.0 Å². The molecule has 0 aromatic rings. The van der Waals surface area contributed by atoms with Crippen molar-refractivity contribution in [2.45, 2.75) is 6.42 Å². The monoisotopic (exact) mass is 384 g/mol. The molecule has 0 unspecified atom stereocenters. The molecule has 3 nitrogen and oxygen atoms in total. The third-order valence-electron chi connectivity index (χ3n) is 0.990. The number of nitrogens with one attached hydrogen (secondary N) is 1. The van der Waals surface area contributed by atoms with Gasteiger partial charge in [0.05, 0.1) is 0 Å². The third kappa shape index (κ3) is 11.8. The zero-order chi connectivity index (χ0) is 5.28. The fraction of sp³-hybridized carbons (Fsp3) is 0.750. The number of hydrazine groups is 1. The molecule has 1 aliphatic rings. The Kier molecular flexibility index (Phi) is 30.7. The van der Waals surface area contributed by atoms with Gasteiger partial charge in [-0.15, -0.1) is 0 Å². The van der Waals surface area contributed by atoms with E-state index in [9.17, 15) is 4.79 Å². The summed E-state index contributed by atoms with van der Waals surface area (Å²) in [6.07, 6.45) is 0.649. The minimum atomic E-state index is 0. The van der Waals surface area contributed by atoms with E-state index < -0.39 is 0 Å². The maximum absolute atomic E-state index is 10.3. The van der Waals surface area contributed by atoms with Crippen LogP contribution in [0.3, 0.4) is 0 Å². The van der Waals surface area contributed by atoms with Crippen molar-refractivity contribution in [3.63, 3.8) is 0 Å². The number of hydrogen-bond acceptors (Lipinski definition) is 2. The van der Waals surface area contributed by atoms with E-state index >= 15 is 0 Å². The molecule has 0 bridgehead atoms. The molecule has 1 fully saturated rings. The predicted molar refractivity (Wildman–Crippen MR) is 25.4 cm³/mol. The zero-order valence-corrected chi connectivity index (χ0v) is 17.0. The Morgan fingerprint density at radius 1 is 1.45 bits per heavy atom. The van der Waals surface area contributed by atoms with Crippen LogP contribution in [0.5, 0.6) is 0 Å². The van der Waals surface area contributed by atoms with Gasteiger partial charge in [0.15, 0.2) is 0 Å². The smallest absolute Gasteiger partial charge is 1.00 e. The predicted octanol–water partition coefficient (Wildman–Crippen LogP) is -12.6. The van der Waals surface area contributed by atoms with Crippen molar-refractivity contribution in [2.24, 2.45) is 0 Å². The van der Waals surface area contributed by atoms with Gasteiger partial charge in [-0.2, -0.15) is 0 Å².